The summed E-state index contributed by atoms with van der Waals surface area (Å²) in [6, 6.07) is 12.7. The third-order valence-electron chi connectivity index (χ3n) is 3.52. The summed E-state index contributed by atoms with van der Waals surface area (Å²) in [7, 11) is 0. The molecule has 0 saturated heterocycles. The molecule has 2 heterocycles. The average Bonchev–Trinajstić information content (AvgIpc) is 2.96. The molecule has 0 radical (unpaired) electrons. The van der Waals surface area contributed by atoms with Crippen molar-refractivity contribution in [3.8, 4) is 0 Å². The molecule has 3 aromatic rings. The molecule has 3 rings (SSSR count). The summed E-state index contributed by atoms with van der Waals surface area (Å²) in [5, 5.41) is 0. The zero-order valence-corrected chi connectivity index (χ0v) is 12.2. The first-order valence-electron chi connectivity index (χ1n) is 7.15. The molecule has 0 aliphatic heterocycles. The lowest BCUT2D eigenvalue weighted by Crippen LogP contribution is -2.30. The van der Waals surface area contributed by atoms with Crippen molar-refractivity contribution in [2.75, 3.05) is 6.54 Å². The normalized spacial score (nSPS) is 10.8. The molecule has 0 spiro atoms. The molecule has 5 heteroatoms. The van der Waals surface area contributed by atoms with E-state index in [2.05, 4.69) is 4.98 Å². The SMILES string of the molecule is CCN(Cc1ccccc1)C(=O)c1cn2cc(F)ccc2n1. The first-order chi connectivity index (χ1) is 10.7. The summed E-state index contributed by atoms with van der Waals surface area (Å²) < 4.78 is 14.7. The summed E-state index contributed by atoms with van der Waals surface area (Å²) in [4.78, 5) is 18.6. The first kappa shape index (κ1) is 14.3. The van der Waals surface area contributed by atoms with Gasteiger partial charge in [-0.15, -0.1) is 0 Å². The largest absolute Gasteiger partial charge is 0.333 e. The van der Waals surface area contributed by atoms with Gasteiger partial charge in [0.15, 0.2) is 0 Å². The Morgan fingerprint density at radius 2 is 1.95 bits per heavy atom. The Labute approximate surface area is 127 Å². The van der Waals surface area contributed by atoms with Gasteiger partial charge in [0.1, 0.15) is 17.2 Å². The van der Waals surface area contributed by atoms with Gasteiger partial charge in [-0.3, -0.25) is 4.79 Å². The molecule has 0 atom stereocenters. The number of nitrogens with zero attached hydrogens (tertiary/aromatic N) is 3. The second-order valence-corrected chi connectivity index (χ2v) is 5.04. The molecule has 112 valence electrons. The van der Waals surface area contributed by atoms with Gasteiger partial charge in [-0.1, -0.05) is 30.3 Å². The van der Waals surface area contributed by atoms with Crippen LogP contribution in [0.15, 0.2) is 54.9 Å². The van der Waals surface area contributed by atoms with Crippen molar-refractivity contribution in [2.45, 2.75) is 13.5 Å². The van der Waals surface area contributed by atoms with Gasteiger partial charge in [-0.2, -0.15) is 0 Å². The highest BCUT2D eigenvalue weighted by Crippen LogP contribution is 2.12. The smallest absolute Gasteiger partial charge is 0.274 e. The number of halogens is 1. The van der Waals surface area contributed by atoms with Crippen LogP contribution >= 0.6 is 0 Å². The van der Waals surface area contributed by atoms with Gasteiger partial charge in [0, 0.05) is 25.5 Å². The van der Waals surface area contributed by atoms with Gasteiger partial charge in [-0.25, -0.2) is 9.37 Å². The van der Waals surface area contributed by atoms with E-state index in [1.807, 2.05) is 37.3 Å². The Morgan fingerprint density at radius 3 is 2.68 bits per heavy atom. The van der Waals surface area contributed by atoms with Crippen molar-refractivity contribution >= 4 is 11.6 Å². The number of aromatic nitrogens is 2. The van der Waals surface area contributed by atoms with E-state index in [1.54, 1.807) is 17.2 Å². The number of hydrogen-bond acceptors (Lipinski definition) is 2. The molecule has 2 aromatic heterocycles. The third kappa shape index (κ3) is 2.83. The molecule has 0 aliphatic carbocycles. The Bertz CT molecular complexity index is 798. The van der Waals surface area contributed by atoms with Crippen LogP contribution in [0.1, 0.15) is 23.0 Å². The van der Waals surface area contributed by atoms with E-state index in [1.165, 1.54) is 16.7 Å². The monoisotopic (exact) mass is 297 g/mol. The lowest BCUT2D eigenvalue weighted by molar-refractivity contribution is 0.0747. The van der Waals surface area contributed by atoms with Crippen molar-refractivity contribution in [3.05, 3.63) is 71.9 Å². The van der Waals surface area contributed by atoms with Crippen LogP contribution in [0.25, 0.3) is 5.65 Å². The second kappa shape index (κ2) is 5.97. The molecule has 0 saturated carbocycles. The quantitative estimate of drug-likeness (QED) is 0.742. The highest BCUT2D eigenvalue weighted by molar-refractivity contribution is 5.92. The number of amides is 1. The van der Waals surface area contributed by atoms with Crippen LogP contribution in [0.4, 0.5) is 4.39 Å². The van der Waals surface area contributed by atoms with Crippen LogP contribution in [-0.4, -0.2) is 26.7 Å². The standard InChI is InChI=1S/C17H16FN3O/c1-2-20(10-13-6-4-3-5-7-13)17(22)15-12-21-11-14(18)8-9-16(21)19-15/h3-9,11-12H,2,10H2,1H3. The third-order valence-corrected chi connectivity index (χ3v) is 3.52. The van der Waals surface area contributed by atoms with Gasteiger partial charge in [-0.05, 0) is 24.6 Å². The predicted molar refractivity (Wildman–Crippen MR) is 82.0 cm³/mol. The molecule has 0 fully saturated rings. The molecule has 4 nitrogen and oxygen atoms in total. The molecule has 1 amide bonds. The maximum absolute atomic E-state index is 13.2. The van der Waals surface area contributed by atoms with E-state index in [9.17, 15) is 9.18 Å². The number of pyridine rings is 1. The van der Waals surface area contributed by atoms with Gasteiger partial charge in [0.2, 0.25) is 0 Å². The molecule has 0 aliphatic rings. The van der Waals surface area contributed by atoms with Gasteiger partial charge >= 0.3 is 0 Å². The Kier molecular flexibility index (Phi) is 3.87. The Morgan fingerprint density at radius 1 is 1.18 bits per heavy atom. The second-order valence-electron chi connectivity index (χ2n) is 5.04. The van der Waals surface area contributed by atoms with Crippen molar-refractivity contribution < 1.29 is 9.18 Å². The first-order valence-corrected chi connectivity index (χ1v) is 7.15. The maximum Gasteiger partial charge on any atom is 0.274 e. The van der Waals surface area contributed by atoms with Crippen LogP contribution in [0.3, 0.4) is 0 Å². The minimum absolute atomic E-state index is 0.157. The summed E-state index contributed by atoms with van der Waals surface area (Å²) in [5.74, 6) is -0.518. The van der Waals surface area contributed by atoms with Crippen molar-refractivity contribution in [1.82, 2.24) is 14.3 Å². The van der Waals surface area contributed by atoms with E-state index in [0.717, 1.165) is 5.56 Å². The molecule has 0 unspecified atom stereocenters. The average molecular weight is 297 g/mol. The number of imidazole rings is 1. The van der Waals surface area contributed by atoms with Crippen molar-refractivity contribution in [3.63, 3.8) is 0 Å². The molecule has 0 bridgehead atoms. The molecular formula is C17H16FN3O. The van der Waals surface area contributed by atoms with E-state index in [0.29, 0.717) is 24.4 Å². The number of benzene rings is 1. The van der Waals surface area contributed by atoms with Crippen LogP contribution in [0.2, 0.25) is 0 Å². The topological polar surface area (TPSA) is 37.6 Å². The minimum atomic E-state index is -0.361. The zero-order valence-electron chi connectivity index (χ0n) is 12.2. The van der Waals surface area contributed by atoms with E-state index < -0.39 is 0 Å². The fraction of sp³-hybridized carbons (Fsp3) is 0.176. The molecule has 0 N–H and O–H groups in total. The van der Waals surface area contributed by atoms with E-state index in [4.69, 9.17) is 0 Å². The van der Waals surface area contributed by atoms with Crippen molar-refractivity contribution in [2.24, 2.45) is 0 Å². The summed E-state index contributed by atoms with van der Waals surface area (Å²) >= 11 is 0. The fourth-order valence-corrected chi connectivity index (χ4v) is 2.36. The molecule has 22 heavy (non-hydrogen) atoms. The highest BCUT2D eigenvalue weighted by Gasteiger charge is 2.18. The summed E-state index contributed by atoms with van der Waals surface area (Å²) in [6.45, 7) is 3.03. The predicted octanol–water partition coefficient (Wildman–Crippen LogP) is 3.14. The van der Waals surface area contributed by atoms with Crippen molar-refractivity contribution in [1.29, 1.82) is 0 Å². The lowest BCUT2D eigenvalue weighted by Gasteiger charge is -2.19. The number of carbonyl (C=O) groups is 1. The molecule has 1 aromatic carbocycles. The van der Waals surface area contributed by atoms with Gasteiger partial charge < -0.3 is 9.30 Å². The van der Waals surface area contributed by atoms with Gasteiger partial charge in [0.05, 0.1) is 0 Å². The summed E-state index contributed by atoms with van der Waals surface area (Å²) in [6.07, 6.45) is 2.88. The van der Waals surface area contributed by atoms with Gasteiger partial charge in [0.25, 0.3) is 5.91 Å². The fourth-order valence-electron chi connectivity index (χ4n) is 2.36. The Balaban J connectivity index is 1.86. The minimum Gasteiger partial charge on any atom is -0.333 e. The highest BCUT2D eigenvalue weighted by atomic mass is 19.1. The van der Waals surface area contributed by atoms with E-state index >= 15 is 0 Å². The van der Waals surface area contributed by atoms with Crippen LogP contribution in [0, 0.1) is 5.82 Å². The summed E-state index contributed by atoms with van der Waals surface area (Å²) in [5.41, 5.74) is 1.94. The van der Waals surface area contributed by atoms with Crippen LogP contribution in [0.5, 0.6) is 0 Å². The van der Waals surface area contributed by atoms with Crippen LogP contribution < -0.4 is 0 Å². The maximum atomic E-state index is 13.2. The number of fused-ring (bicyclic) bond motifs is 1. The molecular weight excluding hydrogens is 281 g/mol. The Hall–Kier alpha value is -2.69. The zero-order chi connectivity index (χ0) is 15.5. The number of hydrogen-bond donors (Lipinski definition) is 0. The number of rotatable bonds is 4. The van der Waals surface area contributed by atoms with E-state index in [-0.39, 0.29) is 11.7 Å². The van der Waals surface area contributed by atoms with Crippen LogP contribution in [-0.2, 0) is 6.54 Å². The lowest BCUT2D eigenvalue weighted by atomic mass is 10.2. The number of carbonyl (C=O) groups excluding carboxylic acids is 1.